The van der Waals surface area contributed by atoms with Gasteiger partial charge in [-0.05, 0) is 0 Å². The Hall–Kier alpha value is 0.880. The van der Waals surface area contributed by atoms with Gasteiger partial charge in [-0.3, -0.25) is 0 Å². The fraction of sp³-hybridized carbons (Fsp3) is 1.00. The van der Waals surface area contributed by atoms with E-state index in [0.717, 1.165) is 0 Å². The van der Waals surface area contributed by atoms with Crippen LogP contribution in [0.4, 0.5) is 0 Å². The van der Waals surface area contributed by atoms with Crippen molar-refractivity contribution in [1.82, 2.24) is 0 Å². The number of aliphatic hydroxyl groups is 1. The van der Waals surface area contributed by atoms with E-state index in [1.54, 1.807) is 0 Å². The third-order valence-electron chi connectivity index (χ3n) is 0.0527. The molecule has 0 aromatic heterocycles. The molecule has 1 N–H and O–H groups in total. The molecular weight excluding hydrogens is 83.0 g/mol. The normalized spacial score (nSPS) is 6.00. The zero-order chi connectivity index (χ0) is 3.41. The first-order chi connectivity index (χ1) is 1.91. The SMILES string of the molecule is [Na+].[O-]OCO. The second-order valence-corrected chi connectivity index (χ2v) is 0.247. The van der Waals surface area contributed by atoms with E-state index in [9.17, 15) is 0 Å². The molecule has 0 saturated heterocycles. The van der Waals surface area contributed by atoms with Gasteiger partial charge < -0.3 is 15.3 Å². The predicted molar refractivity (Wildman–Crippen MR) is 8.17 cm³/mol. The second-order valence-electron chi connectivity index (χ2n) is 0.247. The van der Waals surface area contributed by atoms with E-state index >= 15 is 0 Å². The Kier molecular flexibility index (Phi) is 16.5. The monoisotopic (exact) mass is 86.0 g/mol. The van der Waals surface area contributed by atoms with Gasteiger partial charge in [0.1, 0.15) is 6.79 Å². The van der Waals surface area contributed by atoms with Crippen molar-refractivity contribution in [3.63, 3.8) is 0 Å². The Morgan fingerprint density at radius 2 is 2.00 bits per heavy atom. The van der Waals surface area contributed by atoms with Gasteiger partial charge in [0.15, 0.2) is 0 Å². The molecule has 0 aliphatic carbocycles. The van der Waals surface area contributed by atoms with Gasteiger partial charge in [0.25, 0.3) is 0 Å². The summed E-state index contributed by atoms with van der Waals surface area (Å²) in [4.78, 5) is 2.85. The van der Waals surface area contributed by atoms with Gasteiger partial charge in [-0.2, -0.15) is 0 Å². The number of hydrogen-bond donors (Lipinski definition) is 1. The second kappa shape index (κ2) is 8.86. The van der Waals surface area contributed by atoms with Crippen LogP contribution in [0.5, 0.6) is 0 Å². The summed E-state index contributed by atoms with van der Waals surface area (Å²) < 4.78 is 0. The maximum absolute atomic E-state index is 8.55. The molecule has 0 atom stereocenters. The molecule has 0 rings (SSSR count). The summed E-state index contributed by atoms with van der Waals surface area (Å²) in [5, 5.41) is 15.9. The van der Waals surface area contributed by atoms with Gasteiger partial charge in [-0.25, -0.2) is 0 Å². The zero-order valence-electron chi connectivity index (χ0n) is 2.97. The van der Waals surface area contributed by atoms with Crippen molar-refractivity contribution < 1.29 is 44.8 Å². The number of hydrogen-bond acceptors (Lipinski definition) is 3. The maximum atomic E-state index is 8.55. The van der Waals surface area contributed by atoms with Crippen molar-refractivity contribution in [3.8, 4) is 0 Å². The third kappa shape index (κ3) is 11.5. The van der Waals surface area contributed by atoms with Crippen LogP contribution < -0.4 is 34.8 Å². The molecule has 0 heterocycles. The molecule has 3 nitrogen and oxygen atoms in total. The minimum atomic E-state index is -0.736. The van der Waals surface area contributed by atoms with E-state index in [1.165, 1.54) is 0 Å². The number of rotatable bonds is 1. The summed E-state index contributed by atoms with van der Waals surface area (Å²) in [5.74, 6) is 0. The molecule has 4 heteroatoms. The summed E-state index contributed by atoms with van der Waals surface area (Å²) in [5.41, 5.74) is 0. The molecule has 0 spiro atoms. The largest absolute Gasteiger partial charge is 1.00 e. The van der Waals surface area contributed by atoms with E-state index < -0.39 is 6.79 Å². The molecule has 0 bridgehead atoms. The Morgan fingerprint density at radius 3 is 2.00 bits per heavy atom. The van der Waals surface area contributed by atoms with Crippen molar-refractivity contribution in [2.75, 3.05) is 6.79 Å². The standard InChI is InChI=1S/CH4O3.Na/c2-1-4-3;/h2-3H,1H2;/q;+1/p-1. The van der Waals surface area contributed by atoms with Crippen LogP contribution in [-0.4, -0.2) is 11.9 Å². The molecule has 0 fully saturated rings. The van der Waals surface area contributed by atoms with Crippen LogP contribution in [0.2, 0.25) is 0 Å². The molecular formula is CH3NaO3. The molecule has 0 aromatic carbocycles. The van der Waals surface area contributed by atoms with Gasteiger partial charge in [-0.1, -0.05) is 0 Å². The molecule has 0 radical (unpaired) electrons. The fourth-order valence-corrected chi connectivity index (χ4v) is 0. The molecule has 0 aliphatic heterocycles. The molecule has 0 saturated carbocycles. The van der Waals surface area contributed by atoms with E-state index in [4.69, 9.17) is 10.4 Å². The summed E-state index contributed by atoms with van der Waals surface area (Å²) in [7, 11) is 0. The molecule has 0 aliphatic rings. The molecule has 0 amide bonds. The Bertz CT molecular complexity index is 8.85. The Balaban J connectivity index is 0. The minimum Gasteiger partial charge on any atom is -0.722 e. The van der Waals surface area contributed by atoms with E-state index in [0.29, 0.717) is 0 Å². The predicted octanol–water partition coefficient (Wildman–Crippen LogP) is -4.77. The zero-order valence-corrected chi connectivity index (χ0v) is 4.97. The van der Waals surface area contributed by atoms with Crippen molar-refractivity contribution in [2.24, 2.45) is 0 Å². The first kappa shape index (κ1) is 9.30. The van der Waals surface area contributed by atoms with Crippen molar-refractivity contribution in [1.29, 1.82) is 0 Å². The Labute approximate surface area is 51.8 Å². The maximum Gasteiger partial charge on any atom is 1.00 e. The van der Waals surface area contributed by atoms with E-state index in [1.807, 2.05) is 0 Å². The van der Waals surface area contributed by atoms with Crippen molar-refractivity contribution >= 4 is 0 Å². The van der Waals surface area contributed by atoms with Crippen LogP contribution in [0.1, 0.15) is 0 Å². The van der Waals surface area contributed by atoms with E-state index in [2.05, 4.69) is 4.89 Å². The smallest absolute Gasteiger partial charge is 0.722 e. The van der Waals surface area contributed by atoms with Crippen molar-refractivity contribution in [2.45, 2.75) is 0 Å². The van der Waals surface area contributed by atoms with Crippen LogP contribution in [0, 0.1) is 0 Å². The average Bonchev–Trinajstić information content (AvgIpc) is 1.37. The van der Waals surface area contributed by atoms with Gasteiger partial charge in [0, 0.05) is 0 Å². The summed E-state index contributed by atoms with van der Waals surface area (Å²) in [6, 6.07) is 0. The Morgan fingerprint density at radius 1 is 1.80 bits per heavy atom. The average molecular weight is 86.0 g/mol. The van der Waals surface area contributed by atoms with E-state index in [-0.39, 0.29) is 29.6 Å². The summed E-state index contributed by atoms with van der Waals surface area (Å²) in [6.45, 7) is -0.736. The third-order valence-corrected chi connectivity index (χ3v) is 0.0527. The molecule has 0 unspecified atom stereocenters. The van der Waals surface area contributed by atoms with Crippen LogP contribution in [-0.2, 0) is 4.89 Å². The number of aliphatic hydroxyl groups excluding tert-OH is 1. The van der Waals surface area contributed by atoms with Gasteiger partial charge >= 0.3 is 29.6 Å². The summed E-state index contributed by atoms with van der Waals surface area (Å²) >= 11 is 0. The molecule has 5 heavy (non-hydrogen) atoms. The van der Waals surface area contributed by atoms with Crippen LogP contribution in [0.3, 0.4) is 0 Å². The van der Waals surface area contributed by atoms with Gasteiger partial charge in [0.05, 0.1) is 0 Å². The van der Waals surface area contributed by atoms with Crippen molar-refractivity contribution in [3.05, 3.63) is 0 Å². The molecule has 26 valence electrons. The van der Waals surface area contributed by atoms with Gasteiger partial charge in [0.2, 0.25) is 0 Å². The van der Waals surface area contributed by atoms with Crippen LogP contribution >= 0.6 is 0 Å². The summed E-state index contributed by atoms with van der Waals surface area (Å²) in [6.07, 6.45) is 0. The first-order valence-electron chi connectivity index (χ1n) is 0.772. The topological polar surface area (TPSA) is 52.5 Å². The van der Waals surface area contributed by atoms with Crippen LogP contribution in [0.25, 0.3) is 0 Å². The first-order valence-corrected chi connectivity index (χ1v) is 0.772. The molecule has 0 aromatic rings. The quantitative estimate of drug-likeness (QED) is 0.151. The van der Waals surface area contributed by atoms with Gasteiger partial charge in [-0.15, -0.1) is 0 Å². The van der Waals surface area contributed by atoms with Crippen LogP contribution in [0.15, 0.2) is 0 Å². The fourth-order valence-electron chi connectivity index (χ4n) is 0. The minimum absolute atomic E-state index is 0.